The van der Waals surface area contributed by atoms with Crippen molar-refractivity contribution in [3.05, 3.63) is 29.0 Å². The summed E-state index contributed by atoms with van der Waals surface area (Å²) >= 11 is 5.71. The summed E-state index contributed by atoms with van der Waals surface area (Å²) in [4.78, 5) is 34.0. The highest BCUT2D eigenvalue weighted by atomic mass is 35.5. The van der Waals surface area contributed by atoms with E-state index in [1.807, 2.05) is 5.32 Å². The molecule has 0 fully saturated rings. The lowest BCUT2D eigenvalue weighted by Crippen LogP contribution is -2.38. The molecule has 21 heavy (non-hydrogen) atoms. The summed E-state index contributed by atoms with van der Waals surface area (Å²) in [5.41, 5.74) is -1.58. The molecule has 6 nitrogen and oxygen atoms in total. The lowest BCUT2D eigenvalue weighted by Gasteiger charge is -2.18. The third-order valence-electron chi connectivity index (χ3n) is 2.64. The molecule has 0 heterocycles. The first-order valence-corrected chi connectivity index (χ1v) is 6.29. The maximum Gasteiger partial charge on any atom is 0.326 e. The van der Waals surface area contributed by atoms with Gasteiger partial charge in [-0.2, -0.15) is 0 Å². The van der Waals surface area contributed by atoms with Gasteiger partial charge >= 0.3 is 12.0 Å². The van der Waals surface area contributed by atoms with Crippen molar-refractivity contribution >= 4 is 35.2 Å². The third-order valence-corrected chi connectivity index (χ3v) is 2.95. The Morgan fingerprint density at radius 2 is 1.95 bits per heavy atom. The van der Waals surface area contributed by atoms with Crippen molar-refractivity contribution in [3.63, 3.8) is 0 Å². The van der Waals surface area contributed by atoms with Gasteiger partial charge in [0.1, 0.15) is 5.82 Å². The summed E-state index contributed by atoms with van der Waals surface area (Å²) in [6.45, 7) is 2.70. The summed E-state index contributed by atoms with van der Waals surface area (Å²) in [6.07, 6.45) is -0.402. The Morgan fingerprint density at radius 1 is 1.33 bits per heavy atom. The van der Waals surface area contributed by atoms with Crippen molar-refractivity contribution in [2.45, 2.75) is 20.3 Å². The molecule has 0 saturated heterocycles. The first-order valence-electron chi connectivity index (χ1n) is 5.92. The maximum absolute atomic E-state index is 13.4. The zero-order chi connectivity index (χ0) is 16.2. The molecule has 0 aromatic heterocycles. The van der Waals surface area contributed by atoms with Gasteiger partial charge in [0.05, 0.1) is 16.1 Å². The molecule has 1 aromatic carbocycles. The van der Waals surface area contributed by atoms with Gasteiger partial charge in [0.15, 0.2) is 0 Å². The predicted octanol–water partition coefficient (Wildman–Crippen LogP) is 2.63. The minimum absolute atomic E-state index is 0.0246. The average Bonchev–Trinajstić information content (AvgIpc) is 2.32. The van der Waals surface area contributed by atoms with Gasteiger partial charge in [0, 0.05) is 6.42 Å². The van der Waals surface area contributed by atoms with E-state index in [-0.39, 0.29) is 10.7 Å². The molecule has 8 heteroatoms. The molecule has 0 aliphatic rings. The van der Waals surface area contributed by atoms with Crippen molar-refractivity contribution in [1.29, 1.82) is 0 Å². The summed E-state index contributed by atoms with van der Waals surface area (Å²) in [5.74, 6) is -2.72. The number of hydrogen-bond acceptors (Lipinski definition) is 3. The van der Waals surface area contributed by atoms with E-state index < -0.39 is 35.6 Å². The molecular weight excluding hydrogens is 303 g/mol. The third kappa shape index (κ3) is 4.71. The number of carboxylic acids is 1. The van der Waals surface area contributed by atoms with Gasteiger partial charge in [-0.3, -0.25) is 14.9 Å². The number of carboxylic acid groups (broad SMARTS) is 1. The van der Waals surface area contributed by atoms with Crippen LogP contribution in [-0.4, -0.2) is 23.0 Å². The molecule has 1 rings (SSSR count). The Hall–Kier alpha value is -2.15. The van der Waals surface area contributed by atoms with Crippen molar-refractivity contribution in [1.82, 2.24) is 5.32 Å². The topological polar surface area (TPSA) is 95.5 Å². The highest BCUT2D eigenvalue weighted by Gasteiger charge is 2.30. The maximum atomic E-state index is 13.4. The molecule has 3 amide bonds. The Labute approximate surface area is 125 Å². The van der Waals surface area contributed by atoms with Crippen LogP contribution in [0.25, 0.3) is 0 Å². The number of rotatable bonds is 4. The van der Waals surface area contributed by atoms with E-state index in [0.717, 1.165) is 6.07 Å². The highest BCUT2D eigenvalue weighted by Crippen LogP contribution is 2.24. The molecule has 114 valence electrons. The number of anilines is 1. The van der Waals surface area contributed by atoms with Crippen LogP contribution in [0.1, 0.15) is 20.3 Å². The van der Waals surface area contributed by atoms with Crippen LogP contribution in [0.3, 0.4) is 0 Å². The number of benzene rings is 1. The van der Waals surface area contributed by atoms with E-state index in [1.165, 1.54) is 26.0 Å². The first-order chi connectivity index (χ1) is 9.63. The molecule has 0 saturated carbocycles. The SMILES string of the molecule is CC(C)(CC(=O)NC(=O)Nc1c(F)cccc1Cl)C(=O)O. The second kappa shape index (κ2) is 6.53. The molecule has 0 atom stereocenters. The lowest BCUT2D eigenvalue weighted by atomic mass is 9.89. The summed E-state index contributed by atoms with van der Waals surface area (Å²) in [7, 11) is 0. The Bertz CT molecular complexity index is 569. The fourth-order valence-corrected chi connectivity index (χ4v) is 1.62. The Balaban J connectivity index is 2.66. The standard InChI is InChI=1S/C13H14ClFN2O4/c1-13(2,11(19)20)6-9(18)16-12(21)17-10-7(14)4-3-5-8(10)15/h3-5H,6H2,1-2H3,(H,19,20)(H2,16,17,18,21). The number of para-hydroxylation sites is 1. The molecule has 0 unspecified atom stereocenters. The second-order valence-electron chi connectivity index (χ2n) is 4.96. The normalized spacial score (nSPS) is 10.9. The van der Waals surface area contributed by atoms with E-state index in [1.54, 1.807) is 0 Å². The van der Waals surface area contributed by atoms with Gasteiger partial charge in [-0.05, 0) is 26.0 Å². The van der Waals surface area contributed by atoms with Crippen LogP contribution >= 0.6 is 11.6 Å². The van der Waals surface area contributed by atoms with E-state index in [0.29, 0.717) is 0 Å². The number of carbonyl (C=O) groups excluding carboxylic acids is 2. The molecule has 3 N–H and O–H groups in total. The van der Waals surface area contributed by atoms with Crippen molar-refractivity contribution in [3.8, 4) is 0 Å². The summed E-state index contributed by atoms with van der Waals surface area (Å²) < 4.78 is 13.4. The van der Waals surface area contributed by atoms with Crippen molar-refractivity contribution in [2.24, 2.45) is 5.41 Å². The number of carbonyl (C=O) groups is 3. The van der Waals surface area contributed by atoms with E-state index in [9.17, 15) is 18.8 Å². The number of halogens is 2. The largest absolute Gasteiger partial charge is 0.481 e. The minimum atomic E-state index is -1.32. The lowest BCUT2D eigenvalue weighted by molar-refractivity contribution is -0.149. The van der Waals surface area contributed by atoms with Crippen LogP contribution in [0.5, 0.6) is 0 Å². The van der Waals surface area contributed by atoms with Crippen LogP contribution in [0.2, 0.25) is 5.02 Å². The summed E-state index contributed by atoms with van der Waals surface area (Å²) in [6, 6.07) is 2.83. The van der Waals surface area contributed by atoms with Crippen LogP contribution in [0, 0.1) is 11.2 Å². The first kappa shape index (κ1) is 16.9. The van der Waals surface area contributed by atoms with E-state index in [2.05, 4.69) is 5.32 Å². The average molecular weight is 317 g/mol. The number of amides is 3. The molecule has 0 radical (unpaired) electrons. The Kier molecular flexibility index (Phi) is 5.26. The van der Waals surface area contributed by atoms with Gasteiger partial charge < -0.3 is 10.4 Å². The van der Waals surface area contributed by atoms with Gasteiger partial charge in [-0.25, -0.2) is 9.18 Å². The van der Waals surface area contributed by atoms with Gasteiger partial charge in [-0.15, -0.1) is 0 Å². The zero-order valence-corrected chi connectivity index (χ0v) is 12.1. The van der Waals surface area contributed by atoms with E-state index >= 15 is 0 Å². The van der Waals surface area contributed by atoms with Gasteiger partial charge in [-0.1, -0.05) is 17.7 Å². The molecule has 0 bridgehead atoms. The number of nitrogens with one attached hydrogen (secondary N) is 2. The van der Waals surface area contributed by atoms with Gasteiger partial charge in [0.2, 0.25) is 5.91 Å². The van der Waals surface area contributed by atoms with Crippen molar-refractivity contribution in [2.75, 3.05) is 5.32 Å². The van der Waals surface area contributed by atoms with Crippen LogP contribution in [0.4, 0.5) is 14.9 Å². The fourth-order valence-electron chi connectivity index (χ4n) is 1.41. The van der Waals surface area contributed by atoms with Crippen molar-refractivity contribution < 1.29 is 23.9 Å². The molecular formula is C13H14ClFN2O4. The number of imide groups is 1. The summed E-state index contributed by atoms with van der Waals surface area (Å²) in [5, 5.41) is 12.9. The quantitative estimate of drug-likeness (QED) is 0.795. The van der Waals surface area contributed by atoms with Gasteiger partial charge in [0.25, 0.3) is 0 Å². The molecule has 0 aliphatic heterocycles. The molecule has 0 aliphatic carbocycles. The number of urea groups is 1. The molecule has 0 spiro atoms. The van der Waals surface area contributed by atoms with E-state index in [4.69, 9.17) is 16.7 Å². The van der Waals surface area contributed by atoms with Crippen LogP contribution in [-0.2, 0) is 9.59 Å². The number of hydrogen-bond donors (Lipinski definition) is 3. The van der Waals surface area contributed by atoms with Crippen LogP contribution in [0.15, 0.2) is 18.2 Å². The zero-order valence-electron chi connectivity index (χ0n) is 11.4. The number of aliphatic carboxylic acids is 1. The fraction of sp³-hybridized carbons (Fsp3) is 0.308. The minimum Gasteiger partial charge on any atom is -0.481 e. The smallest absolute Gasteiger partial charge is 0.326 e. The predicted molar refractivity (Wildman–Crippen MR) is 74.6 cm³/mol. The second-order valence-corrected chi connectivity index (χ2v) is 5.37. The monoisotopic (exact) mass is 316 g/mol. The Morgan fingerprint density at radius 3 is 2.48 bits per heavy atom. The highest BCUT2D eigenvalue weighted by molar-refractivity contribution is 6.33. The molecule has 1 aromatic rings. The van der Waals surface area contributed by atoms with Crippen LogP contribution < -0.4 is 10.6 Å².